The quantitative estimate of drug-likeness (QED) is 0.568. The van der Waals surface area contributed by atoms with Crippen molar-refractivity contribution in [2.75, 3.05) is 26.2 Å². The summed E-state index contributed by atoms with van der Waals surface area (Å²) in [5, 5.41) is 9.05. The highest BCUT2D eigenvalue weighted by atomic mass is 16.1. The number of piperazine rings is 1. The maximum Gasteiger partial charge on any atom is 0.207 e. The first-order valence-corrected chi connectivity index (χ1v) is 5.69. The lowest BCUT2D eigenvalue weighted by Gasteiger charge is -2.15. The van der Waals surface area contributed by atoms with Crippen LogP contribution in [0.2, 0.25) is 0 Å². The zero-order valence-electron chi connectivity index (χ0n) is 10.8. The molecule has 92 valence electrons. The van der Waals surface area contributed by atoms with Gasteiger partial charge in [0.1, 0.15) is 0 Å². The second-order valence-corrected chi connectivity index (χ2v) is 4.01. The van der Waals surface area contributed by atoms with E-state index in [2.05, 4.69) is 16.0 Å². The van der Waals surface area contributed by atoms with Crippen molar-refractivity contribution in [2.45, 2.75) is 40.2 Å². The molecule has 1 saturated heterocycles. The molecule has 0 aromatic heterocycles. The molecule has 0 saturated carbocycles. The lowest BCUT2D eigenvalue weighted by Crippen LogP contribution is -2.39. The maximum atomic E-state index is 9.71. The van der Waals surface area contributed by atoms with Crippen LogP contribution in [0.4, 0.5) is 0 Å². The van der Waals surface area contributed by atoms with Crippen LogP contribution in [0.3, 0.4) is 0 Å². The molecule has 0 aromatic rings. The standard InChI is InChI=1S/C5H11NO.C4H10N2.C2H6/c1-5(2,3)6-4-7;1-2-6-4-3-5-1;1-2/h4H,1-3H3,(H,6,7);5-6H,1-4H2;1-2H3. The van der Waals surface area contributed by atoms with Gasteiger partial charge in [0.15, 0.2) is 0 Å². The summed E-state index contributed by atoms with van der Waals surface area (Å²) in [6.07, 6.45) is 0.708. The van der Waals surface area contributed by atoms with Crippen LogP contribution in [0.15, 0.2) is 0 Å². The van der Waals surface area contributed by atoms with Crippen LogP contribution in [-0.4, -0.2) is 38.1 Å². The summed E-state index contributed by atoms with van der Waals surface area (Å²) in [6.45, 7) is 14.4. The molecule has 1 heterocycles. The molecule has 0 aliphatic carbocycles. The first-order chi connectivity index (χ1) is 7.06. The highest BCUT2D eigenvalue weighted by molar-refractivity contribution is 5.47. The minimum atomic E-state index is -0.0677. The fourth-order valence-corrected chi connectivity index (χ4v) is 0.780. The van der Waals surface area contributed by atoms with Gasteiger partial charge in [-0.15, -0.1) is 0 Å². The number of nitrogens with one attached hydrogen (secondary N) is 3. The smallest absolute Gasteiger partial charge is 0.207 e. The van der Waals surface area contributed by atoms with E-state index in [1.165, 1.54) is 0 Å². The Morgan fingerprint density at radius 3 is 1.40 bits per heavy atom. The summed E-state index contributed by atoms with van der Waals surface area (Å²) in [4.78, 5) is 9.71. The summed E-state index contributed by atoms with van der Waals surface area (Å²) in [6, 6.07) is 0. The number of carbonyl (C=O) groups excluding carboxylic acids is 1. The average molecular weight is 217 g/mol. The van der Waals surface area contributed by atoms with E-state index in [9.17, 15) is 4.79 Å². The van der Waals surface area contributed by atoms with Crippen molar-refractivity contribution in [1.29, 1.82) is 0 Å². The van der Waals surface area contributed by atoms with E-state index in [4.69, 9.17) is 0 Å². The number of rotatable bonds is 1. The molecule has 1 rings (SSSR count). The zero-order chi connectivity index (χ0) is 12.2. The third-order valence-electron chi connectivity index (χ3n) is 1.45. The SMILES string of the molecule is C1CNCCN1.CC.CC(C)(C)NC=O. The van der Waals surface area contributed by atoms with Gasteiger partial charge in [-0.2, -0.15) is 0 Å². The van der Waals surface area contributed by atoms with Crippen molar-refractivity contribution in [1.82, 2.24) is 16.0 Å². The van der Waals surface area contributed by atoms with Gasteiger partial charge in [-0.1, -0.05) is 13.8 Å². The molecular formula is C11H27N3O. The van der Waals surface area contributed by atoms with E-state index in [-0.39, 0.29) is 5.54 Å². The van der Waals surface area contributed by atoms with Gasteiger partial charge < -0.3 is 16.0 Å². The van der Waals surface area contributed by atoms with Crippen molar-refractivity contribution in [3.63, 3.8) is 0 Å². The summed E-state index contributed by atoms with van der Waals surface area (Å²) in [5.74, 6) is 0. The average Bonchev–Trinajstić information content (AvgIpc) is 2.22. The molecule has 1 aliphatic rings. The molecule has 0 spiro atoms. The fraction of sp³-hybridized carbons (Fsp3) is 0.909. The molecule has 0 unspecified atom stereocenters. The number of hydrogen-bond donors (Lipinski definition) is 3. The van der Waals surface area contributed by atoms with Crippen LogP contribution < -0.4 is 16.0 Å². The minimum absolute atomic E-state index is 0.0677. The Kier molecular flexibility index (Phi) is 12.8. The molecule has 15 heavy (non-hydrogen) atoms. The summed E-state index contributed by atoms with van der Waals surface area (Å²) in [7, 11) is 0. The van der Waals surface area contributed by atoms with Crippen molar-refractivity contribution in [2.24, 2.45) is 0 Å². The molecule has 0 aromatic carbocycles. The lowest BCUT2D eigenvalue weighted by atomic mass is 10.1. The number of amides is 1. The topological polar surface area (TPSA) is 53.2 Å². The summed E-state index contributed by atoms with van der Waals surface area (Å²) in [5.41, 5.74) is -0.0677. The monoisotopic (exact) mass is 217 g/mol. The molecule has 4 heteroatoms. The molecule has 3 N–H and O–H groups in total. The van der Waals surface area contributed by atoms with E-state index in [1.54, 1.807) is 0 Å². The second-order valence-electron chi connectivity index (χ2n) is 4.01. The Balaban J connectivity index is 0. The Hall–Kier alpha value is -0.610. The van der Waals surface area contributed by atoms with Crippen LogP contribution in [0, 0.1) is 0 Å². The maximum absolute atomic E-state index is 9.71. The Morgan fingerprint density at radius 2 is 1.33 bits per heavy atom. The molecule has 0 bridgehead atoms. The number of hydrogen-bond acceptors (Lipinski definition) is 3. The van der Waals surface area contributed by atoms with Crippen molar-refractivity contribution < 1.29 is 4.79 Å². The van der Waals surface area contributed by atoms with Crippen molar-refractivity contribution in [3.05, 3.63) is 0 Å². The molecule has 0 atom stereocenters. The minimum Gasteiger partial charge on any atom is -0.354 e. The second kappa shape index (κ2) is 11.5. The van der Waals surface area contributed by atoms with Crippen LogP contribution in [0.25, 0.3) is 0 Å². The predicted octanol–water partition coefficient (Wildman–Crippen LogP) is 0.736. The van der Waals surface area contributed by atoms with Crippen LogP contribution in [-0.2, 0) is 4.79 Å². The van der Waals surface area contributed by atoms with Gasteiger partial charge in [-0.25, -0.2) is 0 Å². The fourth-order valence-electron chi connectivity index (χ4n) is 0.780. The molecule has 1 amide bonds. The highest BCUT2D eigenvalue weighted by Gasteiger charge is 2.04. The van der Waals surface area contributed by atoms with E-state index in [1.807, 2.05) is 34.6 Å². The lowest BCUT2D eigenvalue weighted by molar-refractivity contribution is -0.110. The summed E-state index contributed by atoms with van der Waals surface area (Å²) >= 11 is 0. The van der Waals surface area contributed by atoms with E-state index in [0.717, 1.165) is 26.2 Å². The first kappa shape index (κ1) is 16.8. The Bertz CT molecular complexity index is 117. The van der Waals surface area contributed by atoms with Gasteiger partial charge in [-0.3, -0.25) is 4.79 Å². The van der Waals surface area contributed by atoms with Crippen LogP contribution in [0.1, 0.15) is 34.6 Å². The van der Waals surface area contributed by atoms with Gasteiger partial charge in [0.25, 0.3) is 0 Å². The normalized spacial score (nSPS) is 15.0. The van der Waals surface area contributed by atoms with Crippen LogP contribution in [0.5, 0.6) is 0 Å². The molecule has 0 radical (unpaired) electrons. The van der Waals surface area contributed by atoms with E-state index < -0.39 is 0 Å². The van der Waals surface area contributed by atoms with Crippen molar-refractivity contribution >= 4 is 6.41 Å². The Morgan fingerprint density at radius 1 is 1.00 bits per heavy atom. The first-order valence-electron chi connectivity index (χ1n) is 5.69. The Labute approximate surface area is 94.2 Å². The zero-order valence-corrected chi connectivity index (χ0v) is 10.8. The molecule has 1 fully saturated rings. The van der Waals surface area contributed by atoms with Gasteiger partial charge in [0, 0.05) is 31.7 Å². The molecule has 1 aliphatic heterocycles. The summed E-state index contributed by atoms with van der Waals surface area (Å²) < 4.78 is 0. The van der Waals surface area contributed by atoms with Crippen LogP contribution >= 0.6 is 0 Å². The third-order valence-corrected chi connectivity index (χ3v) is 1.45. The third kappa shape index (κ3) is 19.7. The van der Waals surface area contributed by atoms with Gasteiger partial charge in [0.2, 0.25) is 6.41 Å². The predicted molar refractivity (Wildman–Crippen MR) is 66.0 cm³/mol. The van der Waals surface area contributed by atoms with E-state index >= 15 is 0 Å². The van der Waals surface area contributed by atoms with Crippen molar-refractivity contribution in [3.8, 4) is 0 Å². The van der Waals surface area contributed by atoms with Gasteiger partial charge >= 0.3 is 0 Å². The van der Waals surface area contributed by atoms with E-state index in [0.29, 0.717) is 6.41 Å². The molecular weight excluding hydrogens is 190 g/mol. The molecule has 4 nitrogen and oxygen atoms in total. The van der Waals surface area contributed by atoms with Gasteiger partial charge in [0.05, 0.1) is 0 Å². The van der Waals surface area contributed by atoms with Gasteiger partial charge in [-0.05, 0) is 20.8 Å². The highest BCUT2D eigenvalue weighted by Crippen LogP contribution is 1.94. The largest absolute Gasteiger partial charge is 0.354 e. The number of carbonyl (C=O) groups is 1.